The van der Waals surface area contributed by atoms with Crippen LogP contribution >= 0.6 is 0 Å². The van der Waals surface area contributed by atoms with Crippen molar-refractivity contribution in [1.29, 1.82) is 0 Å². The Bertz CT molecular complexity index is 2110. The van der Waals surface area contributed by atoms with Gasteiger partial charge in [0.15, 0.2) is 0 Å². The first-order valence-corrected chi connectivity index (χ1v) is 20.4. The molecule has 0 spiro atoms. The van der Waals surface area contributed by atoms with Crippen LogP contribution in [0.1, 0.15) is 68.4 Å². The Morgan fingerprint density at radius 2 is 1.25 bits per heavy atom. The topological polar surface area (TPSA) is 0 Å². The summed E-state index contributed by atoms with van der Waals surface area (Å²) in [5.74, 6) is 0.573. The van der Waals surface area contributed by atoms with Crippen molar-refractivity contribution in [3.05, 3.63) is 158 Å². The SMILES string of the molecule is CC(C)c1cc2c(-c3ccc(C(C)(C)C)cc3)cccc2[cH-]1.Cc1cc2c(-c3cccc4ccccc34)cc(C)c(C)c2[cH-]1.[CH3-].[CH3-].[Si]=[Zr]. The molecule has 0 aromatic heterocycles. The third-order valence-electron chi connectivity index (χ3n) is 9.26. The summed E-state index contributed by atoms with van der Waals surface area (Å²) in [5.41, 5.74) is 12.4. The molecular formula is C46H50SiZr-4. The molecule has 7 aromatic carbocycles. The van der Waals surface area contributed by atoms with E-state index in [0.29, 0.717) is 5.92 Å². The molecule has 0 heterocycles. The van der Waals surface area contributed by atoms with E-state index in [1.165, 1.54) is 106 Å². The average Bonchev–Trinajstić information content (AvgIpc) is 3.68. The quantitative estimate of drug-likeness (QED) is 0.126. The van der Waals surface area contributed by atoms with Gasteiger partial charge in [-0.05, 0) is 45.7 Å². The number of fused-ring (bicyclic) bond motifs is 3. The Morgan fingerprint density at radius 1 is 0.625 bits per heavy atom. The fourth-order valence-electron chi connectivity index (χ4n) is 6.48. The van der Waals surface area contributed by atoms with E-state index in [-0.39, 0.29) is 20.3 Å². The summed E-state index contributed by atoms with van der Waals surface area (Å²) in [6, 6.07) is 42.6. The van der Waals surface area contributed by atoms with Crippen molar-refractivity contribution >= 4 is 39.2 Å². The van der Waals surface area contributed by atoms with Crippen molar-refractivity contribution in [2.24, 2.45) is 0 Å². The van der Waals surface area contributed by atoms with Crippen LogP contribution in [0.4, 0.5) is 0 Å². The van der Waals surface area contributed by atoms with Crippen LogP contribution in [-0.2, 0) is 28.8 Å². The normalized spacial score (nSPS) is 10.9. The van der Waals surface area contributed by atoms with Crippen molar-refractivity contribution in [2.45, 2.75) is 66.7 Å². The van der Waals surface area contributed by atoms with Crippen LogP contribution < -0.4 is 0 Å². The first-order chi connectivity index (χ1) is 22.0. The zero-order valence-electron chi connectivity index (χ0n) is 30.5. The van der Waals surface area contributed by atoms with Crippen LogP contribution in [0, 0.1) is 35.6 Å². The van der Waals surface area contributed by atoms with E-state index in [1.807, 2.05) is 0 Å². The number of hydrogen-bond acceptors (Lipinski definition) is 0. The zero-order chi connectivity index (χ0) is 33.2. The van der Waals surface area contributed by atoms with Gasteiger partial charge in [0.1, 0.15) is 0 Å². The van der Waals surface area contributed by atoms with Gasteiger partial charge in [0.2, 0.25) is 0 Å². The van der Waals surface area contributed by atoms with E-state index in [1.54, 1.807) is 0 Å². The molecule has 7 rings (SSSR count). The predicted octanol–water partition coefficient (Wildman–Crippen LogP) is 13.5. The van der Waals surface area contributed by atoms with Crippen molar-refractivity contribution in [3.8, 4) is 22.3 Å². The summed E-state index contributed by atoms with van der Waals surface area (Å²) in [5, 5.41) is 8.11. The Hall–Kier alpha value is -3.32. The zero-order valence-corrected chi connectivity index (χ0v) is 34.0. The van der Waals surface area contributed by atoms with Crippen LogP contribution in [0.3, 0.4) is 0 Å². The Balaban J connectivity index is 0.000000238. The molecule has 0 aliphatic carbocycles. The number of hydrogen-bond donors (Lipinski definition) is 0. The van der Waals surface area contributed by atoms with Gasteiger partial charge >= 0.3 is 30.2 Å². The van der Waals surface area contributed by atoms with Crippen LogP contribution in [0.5, 0.6) is 0 Å². The summed E-state index contributed by atoms with van der Waals surface area (Å²) in [6.45, 7) is 21.0. The van der Waals surface area contributed by atoms with Gasteiger partial charge in [0.05, 0.1) is 0 Å². The summed E-state index contributed by atoms with van der Waals surface area (Å²) >= 11 is 1.36. The molecule has 2 heteroatoms. The molecule has 246 valence electrons. The predicted molar refractivity (Wildman–Crippen MR) is 213 cm³/mol. The fourth-order valence-corrected chi connectivity index (χ4v) is 6.48. The van der Waals surface area contributed by atoms with E-state index in [0.717, 1.165) is 0 Å². The van der Waals surface area contributed by atoms with Crippen LogP contribution in [0.15, 0.2) is 115 Å². The van der Waals surface area contributed by atoms with Gasteiger partial charge in [-0.2, -0.15) is 12.1 Å². The molecule has 0 unspecified atom stereocenters. The third kappa shape index (κ3) is 8.10. The van der Waals surface area contributed by atoms with Crippen molar-refractivity contribution in [2.75, 3.05) is 0 Å². The molecule has 0 aliphatic heterocycles. The van der Waals surface area contributed by atoms with Crippen molar-refractivity contribution in [3.63, 3.8) is 0 Å². The minimum absolute atomic E-state index is 0. The number of benzene rings is 5. The monoisotopic (exact) mass is 720 g/mol. The molecule has 0 saturated heterocycles. The van der Waals surface area contributed by atoms with Gasteiger partial charge in [-0.25, -0.2) is 0 Å². The second kappa shape index (κ2) is 16.4. The van der Waals surface area contributed by atoms with E-state index >= 15 is 0 Å². The van der Waals surface area contributed by atoms with E-state index in [9.17, 15) is 0 Å². The van der Waals surface area contributed by atoms with E-state index in [4.69, 9.17) is 0 Å². The van der Waals surface area contributed by atoms with Crippen molar-refractivity contribution < 1.29 is 23.3 Å². The molecular weight excluding hydrogens is 672 g/mol. The Morgan fingerprint density at radius 3 is 1.92 bits per heavy atom. The van der Waals surface area contributed by atoms with Gasteiger partial charge in [-0.15, -0.1) is 62.5 Å². The van der Waals surface area contributed by atoms with E-state index in [2.05, 4.69) is 178 Å². The molecule has 0 amide bonds. The fraction of sp³-hybridized carbons (Fsp3) is 0.217. The number of rotatable bonds is 3. The van der Waals surface area contributed by atoms with Gasteiger partial charge in [-0.3, -0.25) is 0 Å². The molecule has 0 aliphatic rings. The van der Waals surface area contributed by atoms with Gasteiger partial charge in [-0.1, -0.05) is 144 Å². The summed E-state index contributed by atoms with van der Waals surface area (Å²) in [4.78, 5) is 0. The minimum atomic E-state index is 0. The van der Waals surface area contributed by atoms with Crippen molar-refractivity contribution in [1.82, 2.24) is 0 Å². The molecule has 0 nitrogen and oxygen atoms in total. The number of aryl methyl sites for hydroxylation is 3. The summed E-state index contributed by atoms with van der Waals surface area (Å²) in [6.07, 6.45) is 0. The average molecular weight is 722 g/mol. The first-order valence-electron chi connectivity index (χ1n) is 16.2. The first kappa shape index (κ1) is 39.1. The van der Waals surface area contributed by atoms with Gasteiger partial charge in [0, 0.05) is 0 Å². The molecule has 48 heavy (non-hydrogen) atoms. The molecule has 2 radical (unpaired) electrons. The molecule has 0 fully saturated rings. The molecule has 7 aromatic rings. The molecule has 0 saturated carbocycles. The maximum absolute atomic E-state index is 3.06. The standard InChI is InChI=1S/C22H19.C22H25.2CH3.Si.Zr/c1-14-11-20-16(3)15(2)13-22(21(20)12-14)19-10-6-8-17-7-4-5-9-18(17)19;1-15(2)18-13-17-7-6-8-20(21(17)14-18)16-9-11-19(12-10-16)22(3,4)5;;;;/h4-13H,1-3H3;6-15H,1-5H3;2*1H3;;/q4*-1;;. The Kier molecular flexibility index (Phi) is 13.4. The second-order valence-electron chi connectivity index (χ2n) is 13.8. The van der Waals surface area contributed by atoms with Crippen LogP contribution in [0.25, 0.3) is 54.6 Å². The molecule has 0 atom stereocenters. The second-order valence-corrected chi connectivity index (χ2v) is 13.8. The summed E-state index contributed by atoms with van der Waals surface area (Å²) < 4.78 is 0. The third-order valence-corrected chi connectivity index (χ3v) is 9.26. The van der Waals surface area contributed by atoms with Gasteiger partial charge < -0.3 is 14.9 Å². The van der Waals surface area contributed by atoms with Crippen LogP contribution in [0.2, 0.25) is 0 Å². The Labute approximate surface area is 307 Å². The molecule has 0 bridgehead atoms. The summed E-state index contributed by atoms with van der Waals surface area (Å²) in [7, 11) is 0. The maximum atomic E-state index is 3.06. The van der Waals surface area contributed by atoms with Crippen LogP contribution in [-0.4, -0.2) is 6.88 Å². The molecule has 0 N–H and O–H groups in total. The van der Waals surface area contributed by atoms with E-state index < -0.39 is 0 Å². The van der Waals surface area contributed by atoms with Gasteiger partial charge in [0.25, 0.3) is 0 Å².